The van der Waals surface area contributed by atoms with Crippen LogP contribution in [0.1, 0.15) is 19.8 Å². The van der Waals surface area contributed by atoms with Crippen molar-refractivity contribution in [3.05, 3.63) is 30.3 Å². The molecule has 0 atom stereocenters. The molecular weight excluding hydrogens is 372 g/mol. The molecule has 0 bridgehead atoms. The predicted molar refractivity (Wildman–Crippen MR) is 116 cm³/mol. The third-order valence-electron chi connectivity index (χ3n) is 5.26. The van der Waals surface area contributed by atoms with Crippen LogP contribution in [0.5, 0.6) is 11.5 Å². The van der Waals surface area contributed by atoms with Crippen molar-refractivity contribution in [2.45, 2.75) is 19.8 Å². The number of hydrogen-bond donors (Lipinski definition) is 1. The third-order valence-corrected chi connectivity index (χ3v) is 5.62. The molecule has 1 saturated heterocycles. The van der Waals surface area contributed by atoms with Crippen molar-refractivity contribution >= 4 is 45.1 Å². The first-order valence-electron chi connectivity index (χ1n) is 9.47. The molecule has 0 spiro atoms. The molecule has 1 N–H and O–H groups in total. The molecular formula is C21H24N4O2S. The Morgan fingerprint density at radius 2 is 1.54 bits per heavy atom. The van der Waals surface area contributed by atoms with E-state index in [-0.39, 0.29) is 0 Å². The maximum Gasteiger partial charge on any atom is 0.173 e. The SMILES string of the molecule is COc1cc2nc3ccc(NC(=S)N4CCC(C)CC4)cc3nc2cc1OC. The largest absolute Gasteiger partial charge is 0.493 e. The van der Waals surface area contributed by atoms with E-state index in [1.807, 2.05) is 30.3 Å². The highest BCUT2D eigenvalue weighted by molar-refractivity contribution is 7.80. The van der Waals surface area contributed by atoms with Gasteiger partial charge in [-0.15, -0.1) is 0 Å². The van der Waals surface area contributed by atoms with Crippen molar-refractivity contribution in [1.82, 2.24) is 14.9 Å². The minimum atomic E-state index is 0.637. The minimum Gasteiger partial charge on any atom is -0.493 e. The van der Waals surface area contributed by atoms with Crippen molar-refractivity contribution in [2.75, 3.05) is 32.6 Å². The summed E-state index contributed by atoms with van der Waals surface area (Å²) in [6, 6.07) is 9.63. The van der Waals surface area contributed by atoms with Crippen molar-refractivity contribution in [2.24, 2.45) is 5.92 Å². The van der Waals surface area contributed by atoms with Gasteiger partial charge in [0.25, 0.3) is 0 Å². The highest BCUT2D eigenvalue weighted by atomic mass is 32.1. The zero-order chi connectivity index (χ0) is 19.7. The van der Waals surface area contributed by atoms with Crippen LogP contribution in [0.25, 0.3) is 22.1 Å². The first-order valence-corrected chi connectivity index (χ1v) is 9.87. The molecule has 146 valence electrons. The quantitative estimate of drug-likeness (QED) is 0.525. The zero-order valence-corrected chi connectivity index (χ0v) is 17.2. The van der Waals surface area contributed by atoms with E-state index in [1.165, 1.54) is 12.8 Å². The number of nitrogens with zero attached hydrogens (tertiary/aromatic N) is 3. The van der Waals surface area contributed by atoms with Gasteiger partial charge in [0, 0.05) is 30.9 Å². The maximum absolute atomic E-state index is 5.60. The van der Waals surface area contributed by atoms with Crippen LogP contribution < -0.4 is 14.8 Å². The minimum absolute atomic E-state index is 0.637. The summed E-state index contributed by atoms with van der Waals surface area (Å²) in [5, 5.41) is 4.12. The number of fused-ring (bicyclic) bond motifs is 2. The highest BCUT2D eigenvalue weighted by Crippen LogP contribution is 2.31. The molecule has 7 heteroatoms. The molecule has 0 aliphatic carbocycles. The lowest BCUT2D eigenvalue weighted by Gasteiger charge is -2.32. The fraction of sp³-hybridized carbons (Fsp3) is 0.381. The van der Waals surface area contributed by atoms with E-state index in [4.69, 9.17) is 31.7 Å². The second kappa shape index (κ2) is 7.75. The number of anilines is 1. The molecule has 28 heavy (non-hydrogen) atoms. The van der Waals surface area contributed by atoms with Gasteiger partial charge in [-0.25, -0.2) is 9.97 Å². The van der Waals surface area contributed by atoms with E-state index in [1.54, 1.807) is 14.2 Å². The van der Waals surface area contributed by atoms with Crippen molar-refractivity contribution in [3.63, 3.8) is 0 Å². The Morgan fingerprint density at radius 3 is 2.14 bits per heavy atom. The van der Waals surface area contributed by atoms with Gasteiger partial charge < -0.3 is 19.7 Å². The molecule has 2 aromatic carbocycles. The lowest BCUT2D eigenvalue weighted by atomic mass is 10.00. The third kappa shape index (κ3) is 3.67. The number of rotatable bonds is 3. The van der Waals surface area contributed by atoms with Gasteiger partial charge in [0.15, 0.2) is 16.6 Å². The Hall–Kier alpha value is -2.67. The van der Waals surface area contributed by atoms with E-state index in [9.17, 15) is 0 Å². The molecule has 1 aromatic heterocycles. The Morgan fingerprint density at radius 1 is 0.964 bits per heavy atom. The lowest BCUT2D eigenvalue weighted by molar-refractivity contribution is 0.283. The molecule has 0 unspecified atom stereocenters. The van der Waals surface area contributed by atoms with Crippen LogP contribution in [0, 0.1) is 5.92 Å². The van der Waals surface area contributed by atoms with Crippen LogP contribution in [-0.2, 0) is 0 Å². The average Bonchev–Trinajstić information content (AvgIpc) is 2.71. The number of methoxy groups -OCH3 is 2. The van der Waals surface area contributed by atoms with Gasteiger partial charge in [-0.3, -0.25) is 0 Å². The summed E-state index contributed by atoms with van der Waals surface area (Å²) < 4.78 is 10.7. The number of piperidine rings is 1. The fourth-order valence-electron chi connectivity index (χ4n) is 3.50. The van der Waals surface area contributed by atoms with Gasteiger partial charge in [0.05, 0.1) is 36.3 Å². The Kier molecular flexibility index (Phi) is 5.17. The van der Waals surface area contributed by atoms with Gasteiger partial charge >= 0.3 is 0 Å². The van der Waals surface area contributed by atoms with Crippen LogP contribution in [0.15, 0.2) is 30.3 Å². The molecule has 3 aromatic rings. The molecule has 2 heterocycles. The summed E-state index contributed by atoms with van der Waals surface area (Å²) in [4.78, 5) is 11.7. The molecule has 4 rings (SSSR count). The normalized spacial score (nSPS) is 15.0. The summed E-state index contributed by atoms with van der Waals surface area (Å²) in [7, 11) is 3.23. The monoisotopic (exact) mass is 396 g/mol. The van der Waals surface area contributed by atoms with E-state index in [2.05, 4.69) is 17.1 Å². The molecule has 0 radical (unpaired) electrons. The average molecular weight is 397 g/mol. The standard InChI is InChI=1S/C21H24N4O2S/c1-13-6-8-25(9-7-13)21(28)22-14-4-5-15-16(10-14)24-18-12-20(27-3)19(26-2)11-17(18)23-15/h4-5,10-13H,6-9H2,1-3H3,(H,22,28). The van der Waals surface area contributed by atoms with Crippen molar-refractivity contribution in [1.29, 1.82) is 0 Å². The summed E-state index contributed by atoms with van der Waals surface area (Å²) in [6.45, 7) is 4.31. The Bertz CT molecular complexity index is 1030. The predicted octanol–water partition coefficient (Wildman–Crippen LogP) is 4.23. The zero-order valence-electron chi connectivity index (χ0n) is 16.4. The first-order chi connectivity index (χ1) is 13.6. The maximum atomic E-state index is 5.60. The smallest absolute Gasteiger partial charge is 0.173 e. The van der Waals surface area contributed by atoms with Crippen LogP contribution in [-0.4, -0.2) is 47.3 Å². The molecule has 6 nitrogen and oxygen atoms in total. The second-order valence-corrected chi connectivity index (χ2v) is 7.61. The highest BCUT2D eigenvalue weighted by Gasteiger charge is 2.18. The fourth-order valence-corrected chi connectivity index (χ4v) is 3.80. The number of likely N-dealkylation sites (tertiary alicyclic amines) is 1. The van der Waals surface area contributed by atoms with E-state index >= 15 is 0 Å². The Labute approximate surface area is 169 Å². The van der Waals surface area contributed by atoms with E-state index in [0.717, 1.165) is 51.9 Å². The van der Waals surface area contributed by atoms with Gasteiger partial charge in [-0.1, -0.05) is 6.92 Å². The number of nitrogens with one attached hydrogen (secondary N) is 1. The van der Waals surface area contributed by atoms with Crippen LogP contribution >= 0.6 is 12.2 Å². The Balaban J connectivity index is 1.62. The number of thiocarbonyl (C=S) groups is 1. The topological polar surface area (TPSA) is 59.5 Å². The lowest BCUT2D eigenvalue weighted by Crippen LogP contribution is -2.40. The first kappa shape index (κ1) is 18.7. The van der Waals surface area contributed by atoms with Crippen LogP contribution in [0.2, 0.25) is 0 Å². The molecule has 0 saturated carbocycles. The van der Waals surface area contributed by atoms with Gasteiger partial charge in [0.2, 0.25) is 0 Å². The van der Waals surface area contributed by atoms with Crippen LogP contribution in [0.4, 0.5) is 5.69 Å². The van der Waals surface area contributed by atoms with Crippen LogP contribution in [0.3, 0.4) is 0 Å². The number of hydrogen-bond acceptors (Lipinski definition) is 5. The van der Waals surface area contributed by atoms with E-state index in [0.29, 0.717) is 11.5 Å². The molecule has 0 amide bonds. The van der Waals surface area contributed by atoms with Gasteiger partial charge in [-0.05, 0) is 49.2 Å². The van der Waals surface area contributed by atoms with E-state index < -0.39 is 0 Å². The number of benzene rings is 2. The summed E-state index contributed by atoms with van der Waals surface area (Å²) in [5.41, 5.74) is 4.08. The van der Waals surface area contributed by atoms with Gasteiger partial charge in [0.1, 0.15) is 0 Å². The van der Waals surface area contributed by atoms with Crippen molar-refractivity contribution < 1.29 is 9.47 Å². The summed E-state index contributed by atoms with van der Waals surface area (Å²) >= 11 is 5.60. The number of ether oxygens (including phenoxy) is 2. The van der Waals surface area contributed by atoms with Crippen molar-refractivity contribution in [3.8, 4) is 11.5 Å². The number of aromatic nitrogens is 2. The summed E-state index contributed by atoms with van der Waals surface area (Å²) in [5.74, 6) is 2.06. The molecule has 1 aliphatic rings. The second-order valence-electron chi connectivity index (χ2n) is 7.22. The summed E-state index contributed by atoms with van der Waals surface area (Å²) in [6.07, 6.45) is 2.37. The van der Waals surface area contributed by atoms with Gasteiger partial charge in [-0.2, -0.15) is 0 Å². The molecule has 1 aliphatic heterocycles. The molecule has 1 fully saturated rings.